The number of nitrogens with zero attached hydrogens (tertiary/aromatic N) is 1. The van der Waals surface area contributed by atoms with Crippen LogP contribution >= 0.6 is 0 Å². The van der Waals surface area contributed by atoms with E-state index in [9.17, 15) is 4.79 Å². The number of carbonyl (C=O) groups is 1. The van der Waals surface area contributed by atoms with E-state index in [1.807, 2.05) is 35.2 Å². The lowest BCUT2D eigenvalue weighted by atomic mass is 9.77. The molecule has 4 nitrogen and oxygen atoms in total. The molecule has 2 aromatic carbocycles. The van der Waals surface area contributed by atoms with Gasteiger partial charge in [-0.2, -0.15) is 0 Å². The number of carbonyl (C=O) groups excluding carboxylic acids is 1. The molecule has 0 N–H and O–H groups in total. The summed E-state index contributed by atoms with van der Waals surface area (Å²) in [6, 6.07) is 15.9. The molecule has 1 fully saturated rings. The molecule has 0 aliphatic carbocycles. The van der Waals surface area contributed by atoms with Crippen molar-refractivity contribution in [2.45, 2.75) is 51.9 Å². The first-order valence-electron chi connectivity index (χ1n) is 9.58. The Morgan fingerprint density at radius 2 is 1.63 bits per heavy atom. The van der Waals surface area contributed by atoms with Crippen molar-refractivity contribution >= 4 is 18.5 Å². The number of hydrogen-bond acceptors (Lipinski definition) is 3. The number of fused-ring (bicyclic) bond motifs is 1. The van der Waals surface area contributed by atoms with Gasteiger partial charge in [0.1, 0.15) is 0 Å². The summed E-state index contributed by atoms with van der Waals surface area (Å²) in [7, 11) is -0.375. The molecule has 5 heteroatoms. The first kappa shape index (κ1) is 18.3. The van der Waals surface area contributed by atoms with Crippen LogP contribution in [0.2, 0.25) is 0 Å². The maximum Gasteiger partial charge on any atom is 0.494 e. The lowest BCUT2D eigenvalue weighted by molar-refractivity contribution is 0.00578. The predicted octanol–water partition coefficient (Wildman–Crippen LogP) is 3.18. The van der Waals surface area contributed by atoms with E-state index in [1.165, 1.54) is 11.1 Å². The van der Waals surface area contributed by atoms with Crippen LogP contribution in [0.5, 0.6) is 0 Å². The van der Waals surface area contributed by atoms with Crippen LogP contribution in [0.4, 0.5) is 0 Å². The zero-order chi connectivity index (χ0) is 19.2. The quantitative estimate of drug-likeness (QED) is 0.770. The minimum absolute atomic E-state index is 0.0855. The van der Waals surface area contributed by atoms with E-state index in [2.05, 4.69) is 45.9 Å². The van der Waals surface area contributed by atoms with Gasteiger partial charge < -0.3 is 14.2 Å². The topological polar surface area (TPSA) is 38.8 Å². The average molecular weight is 363 g/mol. The highest BCUT2D eigenvalue weighted by Gasteiger charge is 2.51. The molecule has 4 rings (SSSR count). The minimum Gasteiger partial charge on any atom is -0.399 e. The normalized spacial score (nSPS) is 20.4. The summed E-state index contributed by atoms with van der Waals surface area (Å²) in [5.41, 5.74) is 3.51. The maximum atomic E-state index is 12.8. The van der Waals surface area contributed by atoms with Crippen LogP contribution < -0.4 is 5.46 Å². The summed E-state index contributed by atoms with van der Waals surface area (Å²) < 4.78 is 12.4. The van der Waals surface area contributed by atoms with Crippen molar-refractivity contribution in [1.82, 2.24) is 4.90 Å². The van der Waals surface area contributed by atoms with Gasteiger partial charge in [0.15, 0.2) is 0 Å². The van der Waals surface area contributed by atoms with Crippen LogP contribution in [0.1, 0.15) is 49.2 Å². The Morgan fingerprint density at radius 3 is 2.30 bits per heavy atom. The van der Waals surface area contributed by atoms with Crippen molar-refractivity contribution in [3.8, 4) is 0 Å². The van der Waals surface area contributed by atoms with Crippen molar-refractivity contribution in [2.75, 3.05) is 6.54 Å². The van der Waals surface area contributed by atoms with Crippen molar-refractivity contribution < 1.29 is 14.1 Å². The molecule has 140 valence electrons. The lowest BCUT2D eigenvalue weighted by Gasteiger charge is -2.32. The molecule has 0 aromatic heterocycles. The van der Waals surface area contributed by atoms with Crippen molar-refractivity contribution in [3.63, 3.8) is 0 Å². The van der Waals surface area contributed by atoms with Crippen LogP contribution in [0, 0.1) is 0 Å². The Balaban J connectivity index is 1.56. The summed E-state index contributed by atoms with van der Waals surface area (Å²) in [6.45, 7) is 9.61. The van der Waals surface area contributed by atoms with E-state index < -0.39 is 0 Å². The summed E-state index contributed by atoms with van der Waals surface area (Å²) in [5, 5.41) is 0. The van der Waals surface area contributed by atoms with Gasteiger partial charge in [0.2, 0.25) is 0 Å². The van der Waals surface area contributed by atoms with Gasteiger partial charge in [-0.1, -0.05) is 36.4 Å². The zero-order valence-corrected chi connectivity index (χ0v) is 16.5. The average Bonchev–Trinajstić information content (AvgIpc) is 2.88. The van der Waals surface area contributed by atoms with Gasteiger partial charge in [-0.25, -0.2) is 0 Å². The molecule has 0 atom stereocenters. The van der Waals surface area contributed by atoms with E-state index in [0.717, 1.165) is 24.0 Å². The molecule has 0 radical (unpaired) electrons. The molecule has 0 unspecified atom stereocenters. The van der Waals surface area contributed by atoms with Gasteiger partial charge in [-0.15, -0.1) is 0 Å². The smallest absolute Gasteiger partial charge is 0.399 e. The van der Waals surface area contributed by atoms with E-state index in [-0.39, 0.29) is 24.2 Å². The first-order valence-corrected chi connectivity index (χ1v) is 9.58. The second kappa shape index (κ2) is 6.50. The molecule has 1 amide bonds. The number of rotatable bonds is 2. The summed E-state index contributed by atoms with van der Waals surface area (Å²) in [4.78, 5) is 14.7. The first-order chi connectivity index (χ1) is 12.8. The molecule has 27 heavy (non-hydrogen) atoms. The molecule has 0 spiro atoms. The van der Waals surface area contributed by atoms with Gasteiger partial charge in [0, 0.05) is 18.7 Å². The van der Waals surface area contributed by atoms with E-state index in [1.54, 1.807) is 0 Å². The van der Waals surface area contributed by atoms with Crippen LogP contribution in [0.3, 0.4) is 0 Å². The number of hydrogen-bond donors (Lipinski definition) is 0. The highest BCUT2D eigenvalue weighted by molar-refractivity contribution is 6.62. The molecular formula is C22H26BNO3. The monoisotopic (exact) mass is 363 g/mol. The highest BCUT2D eigenvalue weighted by atomic mass is 16.7. The molecule has 0 saturated carbocycles. The highest BCUT2D eigenvalue weighted by Crippen LogP contribution is 2.36. The SMILES string of the molecule is CC1(C)OB(c2ccc3c(c2)CN(C(=O)c2ccccc2)CC3)OC1(C)C. The summed E-state index contributed by atoms with van der Waals surface area (Å²) >= 11 is 0. The van der Waals surface area contributed by atoms with E-state index >= 15 is 0 Å². The van der Waals surface area contributed by atoms with Crippen molar-refractivity contribution in [1.29, 1.82) is 0 Å². The Morgan fingerprint density at radius 1 is 0.963 bits per heavy atom. The molecule has 2 aromatic rings. The van der Waals surface area contributed by atoms with E-state index in [0.29, 0.717) is 6.54 Å². The fourth-order valence-corrected chi connectivity index (χ4v) is 3.64. The van der Waals surface area contributed by atoms with Crippen LogP contribution in [0.15, 0.2) is 48.5 Å². The van der Waals surface area contributed by atoms with Gasteiger partial charge in [-0.05, 0) is 62.8 Å². The Kier molecular flexibility index (Phi) is 4.40. The number of benzene rings is 2. The second-order valence-corrected chi connectivity index (χ2v) is 8.46. The van der Waals surface area contributed by atoms with Crippen LogP contribution in [0.25, 0.3) is 0 Å². The van der Waals surface area contributed by atoms with Crippen molar-refractivity contribution in [2.24, 2.45) is 0 Å². The maximum absolute atomic E-state index is 12.8. The third kappa shape index (κ3) is 3.30. The molecule has 1 saturated heterocycles. The largest absolute Gasteiger partial charge is 0.494 e. The van der Waals surface area contributed by atoms with Crippen molar-refractivity contribution in [3.05, 3.63) is 65.2 Å². The van der Waals surface area contributed by atoms with E-state index in [4.69, 9.17) is 9.31 Å². The Bertz CT molecular complexity index is 847. The zero-order valence-electron chi connectivity index (χ0n) is 16.5. The second-order valence-electron chi connectivity index (χ2n) is 8.46. The predicted molar refractivity (Wildman–Crippen MR) is 107 cm³/mol. The molecule has 2 aliphatic heterocycles. The fraction of sp³-hybridized carbons (Fsp3) is 0.409. The Labute approximate surface area is 161 Å². The van der Waals surface area contributed by atoms with Gasteiger partial charge in [0.25, 0.3) is 5.91 Å². The third-order valence-electron chi connectivity index (χ3n) is 6.08. The molecule has 2 heterocycles. The molecule has 2 aliphatic rings. The third-order valence-corrected chi connectivity index (χ3v) is 6.08. The fourth-order valence-electron chi connectivity index (χ4n) is 3.64. The molecular weight excluding hydrogens is 337 g/mol. The van der Waals surface area contributed by atoms with Crippen LogP contribution in [-0.2, 0) is 22.3 Å². The van der Waals surface area contributed by atoms with Gasteiger partial charge >= 0.3 is 7.12 Å². The standard InChI is InChI=1S/C22H26BNO3/c1-21(2)22(3,4)27-23(26-21)19-11-10-16-12-13-24(15-18(16)14-19)20(25)17-8-6-5-7-9-17/h5-11,14H,12-13,15H2,1-4H3. The summed E-state index contributed by atoms with van der Waals surface area (Å²) in [5.74, 6) is 0.0855. The lowest BCUT2D eigenvalue weighted by Crippen LogP contribution is -2.41. The summed E-state index contributed by atoms with van der Waals surface area (Å²) in [6.07, 6.45) is 0.873. The number of amides is 1. The minimum atomic E-state index is -0.375. The van der Waals surface area contributed by atoms with Gasteiger partial charge in [0.05, 0.1) is 11.2 Å². The molecule has 0 bridgehead atoms. The van der Waals surface area contributed by atoms with Gasteiger partial charge in [-0.3, -0.25) is 4.79 Å². The van der Waals surface area contributed by atoms with Crippen LogP contribution in [-0.4, -0.2) is 35.7 Å². The Hall–Kier alpha value is -2.11.